The Morgan fingerprint density at radius 1 is 1.25 bits per heavy atom. The van der Waals surface area contributed by atoms with Crippen LogP contribution in [0.3, 0.4) is 0 Å². The van der Waals surface area contributed by atoms with E-state index in [9.17, 15) is 4.79 Å². The van der Waals surface area contributed by atoms with Gasteiger partial charge in [-0.25, -0.2) is 0 Å². The maximum Gasteiger partial charge on any atom is 0.254 e. The largest absolute Gasteiger partial charge is 0.397 e. The smallest absolute Gasteiger partial charge is 0.254 e. The molecule has 1 saturated heterocycles. The van der Waals surface area contributed by atoms with E-state index in [1.54, 1.807) is 19.1 Å². The maximum atomic E-state index is 12.4. The Morgan fingerprint density at radius 3 is 2.25 bits per heavy atom. The first-order valence-electron chi connectivity index (χ1n) is 6.07. The predicted molar refractivity (Wildman–Crippen MR) is 78.4 cm³/mol. The number of nitrogens with two attached hydrogens (primary N) is 1. The predicted octanol–water partition coefficient (Wildman–Crippen LogP) is 2.06. The molecule has 1 heterocycles. The van der Waals surface area contributed by atoms with Crippen LogP contribution in [0.5, 0.6) is 0 Å². The minimum atomic E-state index is -0.170. The number of carbonyl (C=O) groups is 1. The van der Waals surface area contributed by atoms with Crippen LogP contribution in [-0.2, 0) is 9.47 Å². The lowest BCUT2D eigenvalue weighted by molar-refractivity contribution is -0.00461. The summed E-state index contributed by atoms with van der Waals surface area (Å²) in [6, 6.07) is 3.04. The van der Waals surface area contributed by atoms with Gasteiger partial charge in [0.05, 0.1) is 15.7 Å². The molecule has 1 aromatic carbocycles. The Morgan fingerprint density at radius 2 is 1.80 bits per heavy atom. The molecule has 0 bridgehead atoms. The number of ether oxygens (including phenoxy) is 2. The Hall–Kier alpha value is -1.01. The third kappa shape index (κ3) is 2.86. The first-order chi connectivity index (χ1) is 9.47. The van der Waals surface area contributed by atoms with Crippen LogP contribution in [0.25, 0.3) is 0 Å². The van der Waals surface area contributed by atoms with Crippen LogP contribution >= 0.6 is 23.2 Å². The normalized spacial score (nSPS) is 22.3. The van der Waals surface area contributed by atoms with E-state index < -0.39 is 0 Å². The van der Waals surface area contributed by atoms with Crippen LogP contribution in [0.2, 0.25) is 10.0 Å². The number of likely N-dealkylation sites (tertiary alicyclic amines) is 1. The summed E-state index contributed by atoms with van der Waals surface area (Å²) in [5.74, 6) is -0.170. The van der Waals surface area contributed by atoms with E-state index in [2.05, 4.69) is 0 Å². The highest BCUT2D eigenvalue weighted by molar-refractivity contribution is 6.43. The van der Waals surface area contributed by atoms with Crippen molar-refractivity contribution in [3.8, 4) is 0 Å². The Kier molecular flexibility index (Phi) is 4.75. The lowest BCUT2D eigenvalue weighted by atomic mass is 10.2. The SMILES string of the molecule is COC1CN(C(=O)c2cc(N)c(Cl)c(Cl)c2)CC1OC. The quantitative estimate of drug-likeness (QED) is 0.866. The van der Waals surface area contributed by atoms with Crippen molar-refractivity contribution in [2.75, 3.05) is 33.0 Å². The summed E-state index contributed by atoms with van der Waals surface area (Å²) in [7, 11) is 3.20. The molecule has 1 fully saturated rings. The molecule has 0 aromatic heterocycles. The number of nitrogen functional groups attached to an aromatic ring is 1. The molecule has 1 aromatic rings. The van der Waals surface area contributed by atoms with Gasteiger partial charge in [0.2, 0.25) is 0 Å². The van der Waals surface area contributed by atoms with E-state index in [4.69, 9.17) is 38.4 Å². The Labute approximate surface area is 127 Å². The topological polar surface area (TPSA) is 64.8 Å². The van der Waals surface area contributed by atoms with Gasteiger partial charge in [-0.15, -0.1) is 0 Å². The highest BCUT2D eigenvalue weighted by Gasteiger charge is 2.36. The van der Waals surface area contributed by atoms with Gasteiger partial charge in [0.1, 0.15) is 12.2 Å². The number of rotatable bonds is 3. The molecule has 2 atom stereocenters. The third-order valence-corrected chi connectivity index (χ3v) is 4.23. The molecule has 1 amide bonds. The van der Waals surface area contributed by atoms with E-state index in [-0.39, 0.29) is 33.8 Å². The number of benzene rings is 1. The summed E-state index contributed by atoms with van der Waals surface area (Å²) in [5.41, 5.74) is 6.42. The monoisotopic (exact) mass is 318 g/mol. The summed E-state index contributed by atoms with van der Waals surface area (Å²) < 4.78 is 10.6. The highest BCUT2D eigenvalue weighted by atomic mass is 35.5. The van der Waals surface area contributed by atoms with Crippen molar-refractivity contribution in [2.24, 2.45) is 0 Å². The van der Waals surface area contributed by atoms with Crippen molar-refractivity contribution >= 4 is 34.8 Å². The van der Waals surface area contributed by atoms with Gasteiger partial charge >= 0.3 is 0 Å². The van der Waals surface area contributed by atoms with Crippen molar-refractivity contribution in [1.29, 1.82) is 0 Å². The number of hydrogen-bond acceptors (Lipinski definition) is 4. The fraction of sp³-hybridized carbons (Fsp3) is 0.462. The zero-order valence-electron chi connectivity index (χ0n) is 11.2. The average molecular weight is 319 g/mol. The molecule has 2 N–H and O–H groups in total. The summed E-state index contributed by atoms with van der Waals surface area (Å²) in [4.78, 5) is 14.1. The minimum absolute atomic E-state index is 0.135. The minimum Gasteiger partial charge on any atom is -0.397 e. The maximum absolute atomic E-state index is 12.4. The molecular weight excluding hydrogens is 303 g/mol. The van der Waals surface area contributed by atoms with Gasteiger partial charge in [0.15, 0.2) is 0 Å². The number of halogens is 2. The van der Waals surface area contributed by atoms with Crippen molar-refractivity contribution in [3.05, 3.63) is 27.7 Å². The molecule has 0 spiro atoms. The Balaban J connectivity index is 2.20. The van der Waals surface area contributed by atoms with Gasteiger partial charge in [-0.05, 0) is 12.1 Å². The molecule has 2 rings (SSSR count). The molecule has 1 aliphatic rings. The molecule has 110 valence electrons. The molecule has 5 nitrogen and oxygen atoms in total. The number of nitrogens with zero attached hydrogens (tertiary/aromatic N) is 1. The Bertz CT molecular complexity index is 489. The summed E-state index contributed by atoms with van der Waals surface area (Å²) >= 11 is 11.8. The van der Waals surface area contributed by atoms with Crippen LogP contribution in [0.4, 0.5) is 5.69 Å². The van der Waals surface area contributed by atoms with Crippen molar-refractivity contribution in [3.63, 3.8) is 0 Å². The lowest BCUT2D eigenvalue weighted by Crippen LogP contribution is -2.30. The van der Waals surface area contributed by atoms with E-state index in [0.717, 1.165) is 0 Å². The van der Waals surface area contributed by atoms with Gasteiger partial charge < -0.3 is 20.1 Å². The van der Waals surface area contributed by atoms with Crippen molar-refractivity contribution in [1.82, 2.24) is 4.90 Å². The fourth-order valence-corrected chi connectivity index (χ4v) is 2.61. The fourth-order valence-electron chi connectivity index (χ4n) is 2.28. The van der Waals surface area contributed by atoms with Crippen LogP contribution in [0.15, 0.2) is 12.1 Å². The van der Waals surface area contributed by atoms with Gasteiger partial charge in [-0.1, -0.05) is 23.2 Å². The summed E-state index contributed by atoms with van der Waals surface area (Å²) in [6.07, 6.45) is -0.270. The van der Waals surface area contributed by atoms with E-state index in [0.29, 0.717) is 18.7 Å². The second-order valence-electron chi connectivity index (χ2n) is 4.62. The van der Waals surface area contributed by atoms with Crippen LogP contribution in [0.1, 0.15) is 10.4 Å². The van der Waals surface area contributed by atoms with E-state index in [1.807, 2.05) is 0 Å². The standard InChI is InChI=1S/C13H16Cl2N2O3/c1-19-10-5-17(6-11(10)20-2)13(18)7-3-8(14)12(15)9(16)4-7/h3-4,10-11H,5-6,16H2,1-2H3. The van der Waals surface area contributed by atoms with Gasteiger partial charge in [-0.3, -0.25) is 4.79 Å². The zero-order chi connectivity index (χ0) is 14.9. The second kappa shape index (κ2) is 6.18. The summed E-state index contributed by atoms with van der Waals surface area (Å²) in [6.45, 7) is 0.933. The van der Waals surface area contributed by atoms with Crippen LogP contribution in [0, 0.1) is 0 Å². The number of carbonyl (C=O) groups excluding carboxylic acids is 1. The molecule has 1 aliphatic heterocycles. The molecule has 20 heavy (non-hydrogen) atoms. The first kappa shape index (κ1) is 15.4. The molecule has 0 radical (unpaired) electrons. The number of anilines is 1. The van der Waals surface area contributed by atoms with E-state index in [1.165, 1.54) is 12.1 Å². The van der Waals surface area contributed by atoms with E-state index >= 15 is 0 Å². The first-order valence-corrected chi connectivity index (χ1v) is 6.83. The van der Waals surface area contributed by atoms with Gasteiger partial charge in [-0.2, -0.15) is 0 Å². The van der Waals surface area contributed by atoms with Gasteiger partial charge in [0, 0.05) is 32.9 Å². The molecular formula is C13H16Cl2N2O3. The number of amides is 1. The molecule has 0 saturated carbocycles. The molecule has 2 unspecified atom stereocenters. The van der Waals surface area contributed by atoms with Crippen molar-refractivity contribution < 1.29 is 14.3 Å². The highest BCUT2D eigenvalue weighted by Crippen LogP contribution is 2.30. The average Bonchev–Trinajstić information content (AvgIpc) is 2.86. The lowest BCUT2D eigenvalue weighted by Gasteiger charge is -2.16. The zero-order valence-corrected chi connectivity index (χ0v) is 12.7. The molecule has 0 aliphatic carbocycles. The number of hydrogen-bond donors (Lipinski definition) is 1. The van der Waals surface area contributed by atoms with Crippen LogP contribution < -0.4 is 5.73 Å². The van der Waals surface area contributed by atoms with Crippen LogP contribution in [-0.4, -0.2) is 50.3 Å². The summed E-state index contributed by atoms with van der Waals surface area (Å²) in [5, 5.41) is 0.523. The van der Waals surface area contributed by atoms with Gasteiger partial charge in [0.25, 0.3) is 5.91 Å². The molecule has 7 heteroatoms. The number of methoxy groups -OCH3 is 2. The third-order valence-electron chi connectivity index (χ3n) is 3.41. The second-order valence-corrected chi connectivity index (χ2v) is 5.40. The van der Waals surface area contributed by atoms with Crippen molar-refractivity contribution in [2.45, 2.75) is 12.2 Å².